The van der Waals surface area contributed by atoms with E-state index < -0.39 is 0 Å². The van der Waals surface area contributed by atoms with Crippen molar-refractivity contribution in [1.29, 1.82) is 0 Å². The lowest BCUT2D eigenvalue weighted by Crippen LogP contribution is -2.51. The molecule has 8 rings (SSSR count). The minimum atomic E-state index is 0.247. The van der Waals surface area contributed by atoms with Crippen molar-refractivity contribution >= 4 is 27.6 Å². The number of aromatic nitrogens is 3. The van der Waals surface area contributed by atoms with Crippen LogP contribution in [0.4, 0.5) is 5.82 Å². The molecule has 4 aromatic rings. The molecule has 214 valence electrons. The molecule has 4 aliphatic heterocycles. The molecule has 0 aliphatic carbocycles. The van der Waals surface area contributed by atoms with E-state index in [2.05, 4.69) is 39.0 Å². The molecule has 0 radical (unpaired) electrons. The zero-order valence-corrected chi connectivity index (χ0v) is 23.6. The third-order valence-electron chi connectivity index (χ3n) is 9.61. The number of ether oxygens (including phenoxy) is 2. The van der Waals surface area contributed by atoms with Crippen molar-refractivity contribution in [3.63, 3.8) is 0 Å². The van der Waals surface area contributed by atoms with Crippen molar-refractivity contribution in [1.82, 2.24) is 24.8 Å². The van der Waals surface area contributed by atoms with Gasteiger partial charge in [-0.05, 0) is 60.6 Å². The van der Waals surface area contributed by atoms with Gasteiger partial charge in [-0.3, -0.25) is 4.90 Å². The number of nitrogens with zero attached hydrogens (tertiary/aromatic N) is 5. The predicted molar refractivity (Wildman–Crippen MR) is 160 cm³/mol. The fourth-order valence-corrected chi connectivity index (χ4v) is 7.71. The molecule has 2 N–H and O–H groups in total. The lowest BCUT2D eigenvalue weighted by molar-refractivity contribution is -0.0161. The molecule has 4 atom stereocenters. The summed E-state index contributed by atoms with van der Waals surface area (Å²) < 4.78 is 14.2. The summed E-state index contributed by atoms with van der Waals surface area (Å²) in [5, 5.41) is 16.5. The van der Waals surface area contributed by atoms with Crippen LogP contribution >= 0.6 is 0 Å². The van der Waals surface area contributed by atoms with E-state index in [0.29, 0.717) is 36.8 Å². The standard InChI is InChI=1S/C32H38N6O3/c1-36-17-28(27-14-25(39)13-20-5-2-3-6-26(20)27)29-30(36)31(37-15-21-7-8-22(16-37)33-21)35-32(34-29)41-12-4-11-38-23-9-10-24(38)19-40-18-23/h2-3,5-6,13-14,17,21-24,33,39H,4,7-12,15-16,18-19H2,1H3. The summed E-state index contributed by atoms with van der Waals surface area (Å²) in [6.07, 6.45) is 7.94. The normalized spacial score (nSPS) is 25.9. The monoisotopic (exact) mass is 554 g/mol. The Morgan fingerprint density at radius 2 is 1.78 bits per heavy atom. The summed E-state index contributed by atoms with van der Waals surface area (Å²) in [6, 6.07) is 14.4. The molecule has 0 spiro atoms. The summed E-state index contributed by atoms with van der Waals surface area (Å²) in [5.41, 5.74) is 3.81. The number of aromatic hydroxyl groups is 1. The molecule has 0 saturated carbocycles. The fourth-order valence-electron chi connectivity index (χ4n) is 7.71. The average molecular weight is 555 g/mol. The van der Waals surface area contributed by atoms with Gasteiger partial charge in [0.15, 0.2) is 5.82 Å². The van der Waals surface area contributed by atoms with E-state index in [4.69, 9.17) is 19.4 Å². The van der Waals surface area contributed by atoms with E-state index in [9.17, 15) is 5.11 Å². The predicted octanol–water partition coefficient (Wildman–Crippen LogP) is 4.07. The maximum absolute atomic E-state index is 10.6. The number of phenols is 1. The number of rotatable bonds is 7. The van der Waals surface area contributed by atoms with Gasteiger partial charge in [-0.15, -0.1) is 0 Å². The van der Waals surface area contributed by atoms with Gasteiger partial charge in [0.05, 0.1) is 19.8 Å². The molecule has 4 aliphatic rings. The van der Waals surface area contributed by atoms with Crippen LogP contribution in [0.5, 0.6) is 11.8 Å². The Kier molecular flexibility index (Phi) is 6.27. The number of aryl methyl sites for hydroxylation is 1. The van der Waals surface area contributed by atoms with Crippen LogP contribution in [0.1, 0.15) is 32.1 Å². The molecule has 9 nitrogen and oxygen atoms in total. The second-order valence-electron chi connectivity index (χ2n) is 12.3. The summed E-state index contributed by atoms with van der Waals surface area (Å²) in [5.74, 6) is 1.19. The van der Waals surface area contributed by atoms with Gasteiger partial charge >= 0.3 is 6.01 Å². The highest BCUT2D eigenvalue weighted by Gasteiger charge is 2.37. The first-order valence-electron chi connectivity index (χ1n) is 15.2. The van der Waals surface area contributed by atoms with Crippen LogP contribution in [0.25, 0.3) is 32.9 Å². The maximum atomic E-state index is 10.6. The first-order chi connectivity index (χ1) is 20.1. The Labute approximate surface area is 240 Å². The number of hydrogen-bond acceptors (Lipinski definition) is 8. The van der Waals surface area contributed by atoms with Crippen LogP contribution < -0.4 is 15.0 Å². The van der Waals surface area contributed by atoms with Crippen LogP contribution in [-0.2, 0) is 11.8 Å². The van der Waals surface area contributed by atoms with Crippen molar-refractivity contribution in [2.24, 2.45) is 7.05 Å². The Morgan fingerprint density at radius 1 is 1.00 bits per heavy atom. The first-order valence-corrected chi connectivity index (χ1v) is 15.2. The number of phenolic OH excluding ortho intramolecular Hbond substituents is 1. The number of fused-ring (bicyclic) bond motifs is 6. The van der Waals surface area contributed by atoms with Gasteiger partial charge in [0.2, 0.25) is 0 Å². The van der Waals surface area contributed by atoms with Crippen molar-refractivity contribution in [2.75, 3.05) is 44.4 Å². The number of anilines is 1. The van der Waals surface area contributed by atoms with Crippen LogP contribution in [-0.4, -0.2) is 88.2 Å². The number of hydrogen-bond donors (Lipinski definition) is 2. The van der Waals surface area contributed by atoms with Gasteiger partial charge in [0, 0.05) is 62.6 Å². The first kappa shape index (κ1) is 25.3. The fraction of sp³-hybridized carbons (Fsp3) is 0.500. The van der Waals surface area contributed by atoms with Crippen molar-refractivity contribution in [3.8, 4) is 22.9 Å². The molecule has 2 aromatic carbocycles. The molecule has 0 amide bonds. The molecule has 9 heteroatoms. The van der Waals surface area contributed by atoms with E-state index in [-0.39, 0.29) is 5.75 Å². The van der Waals surface area contributed by atoms with Gasteiger partial charge in [0.25, 0.3) is 0 Å². The molecule has 4 unspecified atom stereocenters. The molecule has 4 fully saturated rings. The van der Waals surface area contributed by atoms with Crippen LogP contribution in [0.15, 0.2) is 42.6 Å². The van der Waals surface area contributed by atoms with Crippen molar-refractivity contribution < 1.29 is 14.6 Å². The molecular weight excluding hydrogens is 516 g/mol. The quantitative estimate of drug-likeness (QED) is 0.331. The minimum Gasteiger partial charge on any atom is -0.508 e. The van der Waals surface area contributed by atoms with Gasteiger partial charge in [-0.25, -0.2) is 0 Å². The Balaban J connectivity index is 1.16. The second-order valence-corrected chi connectivity index (χ2v) is 12.3. The molecule has 6 heterocycles. The maximum Gasteiger partial charge on any atom is 0.319 e. The van der Waals surface area contributed by atoms with Crippen LogP contribution in [0.3, 0.4) is 0 Å². The summed E-state index contributed by atoms with van der Waals surface area (Å²) in [6.45, 7) is 5.16. The summed E-state index contributed by atoms with van der Waals surface area (Å²) >= 11 is 0. The van der Waals surface area contributed by atoms with Gasteiger partial charge in [0.1, 0.15) is 16.8 Å². The van der Waals surface area contributed by atoms with Gasteiger partial charge < -0.3 is 29.4 Å². The lowest BCUT2D eigenvalue weighted by Gasteiger charge is -2.34. The largest absolute Gasteiger partial charge is 0.508 e. The molecule has 2 aromatic heterocycles. The second kappa shape index (κ2) is 10.2. The number of nitrogens with one attached hydrogen (secondary N) is 1. The van der Waals surface area contributed by atoms with Crippen molar-refractivity contribution in [2.45, 2.75) is 56.3 Å². The van der Waals surface area contributed by atoms with Crippen LogP contribution in [0.2, 0.25) is 0 Å². The molecule has 4 saturated heterocycles. The van der Waals surface area contributed by atoms with E-state index >= 15 is 0 Å². The highest BCUT2D eigenvalue weighted by atomic mass is 16.5. The molecule has 4 bridgehead atoms. The molecular formula is C32H38N6O3. The smallest absolute Gasteiger partial charge is 0.319 e. The number of morpholine rings is 1. The molecule has 41 heavy (non-hydrogen) atoms. The summed E-state index contributed by atoms with van der Waals surface area (Å²) in [7, 11) is 2.07. The Bertz CT molecular complexity index is 1580. The topological polar surface area (TPSA) is 87.9 Å². The average Bonchev–Trinajstić information content (AvgIpc) is 3.57. The van der Waals surface area contributed by atoms with Gasteiger partial charge in [-0.2, -0.15) is 9.97 Å². The zero-order chi connectivity index (χ0) is 27.5. The van der Waals surface area contributed by atoms with E-state index in [1.807, 2.05) is 30.3 Å². The SMILES string of the molecule is Cn1cc(-c2cc(O)cc3ccccc23)c2nc(OCCCN3C4CCC3COC4)nc(N3CC4CCC(C3)N4)c21. The highest BCUT2D eigenvalue weighted by molar-refractivity contribution is 6.06. The summed E-state index contributed by atoms with van der Waals surface area (Å²) in [4.78, 5) is 15.1. The third kappa shape index (κ3) is 4.51. The Hall–Kier alpha value is -3.40. The zero-order valence-electron chi connectivity index (χ0n) is 23.6. The van der Waals surface area contributed by atoms with E-state index in [1.165, 1.54) is 25.7 Å². The van der Waals surface area contributed by atoms with Gasteiger partial charge in [-0.1, -0.05) is 24.3 Å². The Morgan fingerprint density at radius 3 is 2.59 bits per heavy atom. The highest BCUT2D eigenvalue weighted by Crippen LogP contribution is 2.40. The lowest BCUT2D eigenvalue weighted by atomic mass is 9.99. The van der Waals surface area contributed by atoms with Crippen molar-refractivity contribution in [3.05, 3.63) is 42.6 Å². The van der Waals surface area contributed by atoms with E-state index in [0.717, 1.165) is 78.0 Å². The number of benzene rings is 2. The third-order valence-corrected chi connectivity index (χ3v) is 9.61. The van der Waals surface area contributed by atoms with E-state index in [1.54, 1.807) is 0 Å². The van der Waals surface area contributed by atoms with Crippen LogP contribution in [0, 0.1) is 0 Å². The minimum absolute atomic E-state index is 0.247. The number of piperazine rings is 1.